The van der Waals surface area contributed by atoms with Crippen LogP contribution in [0.2, 0.25) is 0 Å². The molecule has 1 N–H and O–H groups in total. The molecule has 1 rings (SSSR count). The van der Waals surface area contributed by atoms with Gasteiger partial charge in [0, 0.05) is 27.1 Å². The predicted octanol–water partition coefficient (Wildman–Crippen LogP) is -0.00910. The third-order valence-corrected chi connectivity index (χ3v) is 2.69. The summed E-state index contributed by atoms with van der Waals surface area (Å²) in [5.74, 6) is 0.0730. The van der Waals surface area contributed by atoms with Crippen molar-refractivity contribution in [2.24, 2.45) is 5.41 Å². The zero-order valence-corrected chi connectivity index (χ0v) is 8.39. The van der Waals surface area contributed by atoms with E-state index in [1.165, 1.54) is 6.92 Å². The highest BCUT2D eigenvalue weighted by atomic mass is 16.2. The number of rotatable bonds is 1. The highest BCUT2D eigenvalue weighted by Crippen LogP contribution is 2.29. The predicted molar refractivity (Wildman–Crippen MR) is 49.0 cm³/mol. The Hall–Kier alpha value is -1.06. The molecule has 0 aromatic carbocycles. The lowest BCUT2D eigenvalue weighted by atomic mass is 9.89. The molecule has 0 saturated carbocycles. The quantitative estimate of drug-likeness (QED) is 0.623. The van der Waals surface area contributed by atoms with Crippen LogP contribution in [0.5, 0.6) is 0 Å². The van der Waals surface area contributed by atoms with Gasteiger partial charge in [-0.15, -0.1) is 0 Å². The molecule has 1 aliphatic rings. The minimum atomic E-state index is -0.388. The molecule has 0 bridgehead atoms. The molecular weight excluding hydrogens is 168 g/mol. The molecule has 1 fully saturated rings. The van der Waals surface area contributed by atoms with Gasteiger partial charge in [0.25, 0.3) is 0 Å². The molecule has 0 aromatic heterocycles. The maximum Gasteiger partial charge on any atom is 0.227 e. The van der Waals surface area contributed by atoms with Gasteiger partial charge in [-0.25, -0.2) is 0 Å². The van der Waals surface area contributed by atoms with E-state index >= 15 is 0 Å². The Morgan fingerprint density at radius 1 is 1.46 bits per heavy atom. The van der Waals surface area contributed by atoms with E-state index in [0.29, 0.717) is 13.1 Å². The Kier molecular flexibility index (Phi) is 2.59. The summed E-state index contributed by atoms with van der Waals surface area (Å²) in [4.78, 5) is 24.2. The smallest absolute Gasteiger partial charge is 0.227 e. The van der Waals surface area contributed by atoms with Crippen LogP contribution in [0.3, 0.4) is 0 Å². The van der Waals surface area contributed by atoms with Gasteiger partial charge >= 0.3 is 0 Å². The van der Waals surface area contributed by atoms with Crippen LogP contribution in [-0.4, -0.2) is 36.9 Å². The molecule has 4 heteroatoms. The Balaban J connectivity index is 2.66. The van der Waals surface area contributed by atoms with Crippen LogP contribution in [0.4, 0.5) is 0 Å². The van der Waals surface area contributed by atoms with Crippen LogP contribution < -0.4 is 5.32 Å². The molecule has 4 nitrogen and oxygen atoms in total. The number of amides is 2. The summed E-state index contributed by atoms with van der Waals surface area (Å²) < 4.78 is 0. The maximum atomic E-state index is 11.5. The van der Waals surface area contributed by atoms with E-state index in [0.717, 1.165) is 6.42 Å². The summed E-state index contributed by atoms with van der Waals surface area (Å²) >= 11 is 0. The molecule has 1 heterocycles. The van der Waals surface area contributed by atoms with Crippen LogP contribution in [0, 0.1) is 5.41 Å². The van der Waals surface area contributed by atoms with Gasteiger partial charge in [-0.2, -0.15) is 0 Å². The first-order chi connectivity index (χ1) is 5.99. The van der Waals surface area contributed by atoms with Gasteiger partial charge in [0.2, 0.25) is 11.8 Å². The number of likely N-dealkylation sites (tertiary alicyclic amines) is 1. The lowest BCUT2D eigenvalue weighted by Crippen LogP contribution is -2.39. The molecule has 2 amide bonds. The van der Waals surface area contributed by atoms with Crippen LogP contribution >= 0.6 is 0 Å². The van der Waals surface area contributed by atoms with Crippen molar-refractivity contribution in [2.75, 3.05) is 20.1 Å². The third-order valence-electron chi connectivity index (χ3n) is 2.69. The Bertz CT molecular complexity index is 240. The average Bonchev–Trinajstić information content (AvgIpc) is 2.48. The van der Waals surface area contributed by atoms with Gasteiger partial charge in [-0.1, -0.05) is 0 Å². The highest BCUT2D eigenvalue weighted by molar-refractivity contribution is 5.84. The Morgan fingerprint density at radius 3 is 2.46 bits per heavy atom. The molecule has 0 spiro atoms. The van der Waals surface area contributed by atoms with Crippen molar-refractivity contribution >= 4 is 11.8 Å². The second-order valence-electron chi connectivity index (χ2n) is 3.83. The van der Waals surface area contributed by atoms with Crippen LogP contribution in [-0.2, 0) is 9.59 Å². The Labute approximate surface area is 78.3 Å². The van der Waals surface area contributed by atoms with Gasteiger partial charge in [-0.05, 0) is 13.3 Å². The molecule has 74 valence electrons. The van der Waals surface area contributed by atoms with E-state index in [2.05, 4.69) is 5.32 Å². The minimum absolute atomic E-state index is 0.0243. The van der Waals surface area contributed by atoms with Crippen molar-refractivity contribution in [2.45, 2.75) is 20.3 Å². The fourth-order valence-corrected chi connectivity index (χ4v) is 1.72. The summed E-state index contributed by atoms with van der Waals surface area (Å²) in [6, 6.07) is 0. The fourth-order valence-electron chi connectivity index (χ4n) is 1.72. The lowest BCUT2D eigenvalue weighted by molar-refractivity contribution is -0.131. The second-order valence-corrected chi connectivity index (χ2v) is 3.83. The molecule has 1 aliphatic heterocycles. The summed E-state index contributed by atoms with van der Waals surface area (Å²) in [6.45, 7) is 4.67. The molecule has 1 atom stereocenters. The first-order valence-electron chi connectivity index (χ1n) is 4.47. The molecule has 0 aromatic rings. The molecule has 0 radical (unpaired) electrons. The van der Waals surface area contributed by atoms with Crippen molar-refractivity contribution < 1.29 is 9.59 Å². The number of hydrogen-bond donors (Lipinski definition) is 1. The number of hydrogen-bond acceptors (Lipinski definition) is 2. The van der Waals surface area contributed by atoms with E-state index in [4.69, 9.17) is 0 Å². The topological polar surface area (TPSA) is 49.4 Å². The van der Waals surface area contributed by atoms with Crippen molar-refractivity contribution in [1.29, 1.82) is 0 Å². The van der Waals surface area contributed by atoms with Crippen molar-refractivity contribution in [3.05, 3.63) is 0 Å². The van der Waals surface area contributed by atoms with E-state index in [1.54, 1.807) is 11.9 Å². The number of nitrogens with one attached hydrogen (secondary N) is 1. The van der Waals surface area contributed by atoms with Crippen LogP contribution in [0.25, 0.3) is 0 Å². The Morgan fingerprint density at radius 2 is 2.08 bits per heavy atom. The van der Waals surface area contributed by atoms with Gasteiger partial charge < -0.3 is 10.2 Å². The maximum absolute atomic E-state index is 11.5. The molecule has 1 unspecified atom stereocenters. The van der Waals surface area contributed by atoms with Crippen molar-refractivity contribution in [3.63, 3.8) is 0 Å². The van der Waals surface area contributed by atoms with Crippen molar-refractivity contribution in [3.8, 4) is 0 Å². The zero-order chi connectivity index (χ0) is 10.1. The molecular formula is C9H16N2O2. The molecule has 0 aliphatic carbocycles. The summed E-state index contributed by atoms with van der Waals surface area (Å²) in [7, 11) is 1.63. The normalized spacial score (nSPS) is 27.5. The zero-order valence-electron chi connectivity index (χ0n) is 8.39. The molecule has 1 saturated heterocycles. The average molecular weight is 184 g/mol. The number of carbonyl (C=O) groups is 2. The highest BCUT2D eigenvalue weighted by Gasteiger charge is 2.40. The largest absolute Gasteiger partial charge is 0.359 e. The van der Waals surface area contributed by atoms with Crippen molar-refractivity contribution in [1.82, 2.24) is 10.2 Å². The van der Waals surface area contributed by atoms with Crippen LogP contribution in [0.1, 0.15) is 20.3 Å². The number of carbonyl (C=O) groups excluding carboxylic acids is 2. The summed E-state index contributed by atoms with van der Waals surface area (Å²) in [6.07, 6.45) is 0.756. The number of nitrogens with zero attached hydrogens (tertiary/aromatic N) is 1. The summed E-state index contributed by atoms with van der Waals surface area (Å²) in [5.41, 5.74) is -0.388. The van der Waals surface area contributed by atoms with Gasteiger partial charge in [0.1, 0.15) is 0 Å². The lowest BCUT2D eigenvalue weighted by Gasteiger charge is -2.21. The van der Waals surface area contributed by atoms with Crippen LogP contribution in [0.15, 0.2) is 0 Å². The second kappa shape index (κ2) is 3.36. The van der Waals surface area contributed by atoms with E-state index in [9.17, 15) is 9.59 Å². The fraction of sp³-hybridized carbons (Fsp3) is 0.778. The van der Waals surface area contributed by atoms with Gasteiger partial charge in [-0.3, -0.25) is 9.59 Å². The minimum Gasteiger partial charge on any atom is -0.359 e. The SMILES string of the molecule is CNC(=O)C1(C)CCN(C(C)=O)C1. The third kappa shape index (κ3) is 1.82. The summed E-state index contributed by atoms with van der Waals surface area (Å²) in [5, 5.41) is 2.63. The molecule has 13 heavy (non-hydrogen) atoms. The van der Waals surface area contributed by atoms with E-state index < -0.39 is 0 Å². The van der Waals surface area contributed by atoms with E-state index in [-0.39, 0.29) is 17.2 Å². The van der Waals surface area contributed by atoms with Gasteiger partial charge in [0.15, 0.2) is 0 Å². The van der Waals surface area contributed by atoms with E-state index in [1.807, 2.05) is 6.92 Å². The first-order valence-corrected chi connectivity index (χ1v) is 4.47. The standard InChI is InChI=1S/C9H16N2O2/c1-7(12)11-5-4-9(2,6-11)8(13)10-3/h4-6H2,1-3H3,(H,10,13). The first kappa shape index (κ1) is 10.0. The van der Waals surface area contributed by atoms with Gasteiger partial charge in [0.05, 0.1) is 5.41 Å². The monoisotopic (exact) mass is 184 g/mol.